The van der Waals surface area contributed by atoms with Crippen LogP contribution in [0, 0.1) is 5.82 Å². The van der Waals surface area contributed by atoms with E-state index in [0.717, 1.165) is 11.6 Å². The predicted molar refractivity (Wildman–Crippen MR) is 123 cm³/mol. The second kappa shape index (κ2) is 9.03. The van der Waals surface area contributed by atoms with Crippen molar-refractivity contribution in [3.8, 4) is 11.1 Å². The Hall–Kier alpha value is -3.71. The monoisotopic (exact) mass is 468 g/mol. The summed E-state index contributed by atoms with van der Waals surface area (Å²) in [6.45, 7) is 0. The van der Waals surface area contributed by atoms with Gasteiger partial charge in [0.1, 0.15) is 5.82 Å². The van der Waals surface area contributed by atoms with Crippen LogP contribution >= 0.6 is 11.6 Å². The first kappa shape index (κ1) is 22.5. The molecular formula is C25H19ClF2N2O3. The van der Waals surface area contributed by atoms with Crippen LogP contribution in [0.1, 0.15) is 17.5 Å². The van der Waals surface area contributed by atoms with E-state index in [0.29, 0.717) is 21.5 Å². The number of para-hydroxylation sites is 1. The van der Waals surface area contributed by atoms with Crippen molar-refractivity contribution in [1.82, 2.24) is 4.98 Å². The number of alkyl halides is 1. The summed E-state index contributed by atoms with van der Waals surface area (Å²) in [6.07, 6.45) is 0.340. The summed E-state index contributed by atoms with van der Waals surface area (Å²) in [5.41, 5.74) is -0.908. The molecule has 0 saturated carbocycles. The maximum Gasteiger partial charge on any atom is 0.342 e. The number of oxime groups is 1. The first-order valence-corrected chi connectivity index (χ1v) is 10.4. The minimum atomic E-state index is -2.78. The van der Waals surface area contributed by atoms with E-state index in [4.69, 9.17) is 11.6 Å². The number of carboxylic acid groups (broad SMARTS) is 1. The summed E-state index contributed by atoms with van der Waals surface area (Å²) in [5, 5.41) is 23.5. The lowest BCUT2D eigenvalue weighted by molar-refractivity contribution is -0.150. The first-order chi connectivity index (χ1) is 15.8. The fourth-order valence-electron chi connectivity index (χ4n) is 3.81. The van der Waals surface area contributed by atoms with Gasteiger partial charge in [0, 0.05) is 46.1 Å². The number of aliphatic carboxylic acids is 1. The zero-order valence-electron chi connectivity index (χ0n) is 17.2. The van der Waals surface area contributed by atoms with Crippen LogP contribution in [0.4, 0.5) is 8.78 Å². The molecule has 0 radical (unpaired) electrons. The third-order valence-corrected chi connectivity index (χ3v) is 5.81. The second-order valence-corrected chi connectivity index (χ2v) is 8.17. The number of hydrogen-bond acceptors (Lipinski definition) is 3. The van der Waals surface area contributed by atoms with Gasteiger partial charge in [0.15, 0.2) is 0 Å². The lowest BCUT2D eigenvalue weighted by Crippen LogP contribution is -2.38. The molecule has 0 aliphatic rings. The third-order valence-electron chi connectivity index (χ3n) is 5.55. The molecule has 3 aromatic carbocycles. The highest BCUT2D eigenvalue weighted by atomic mass is 35.5. The lowest BCUT2D eigenvalue weighted by atomic mass is 9.88. The minimum Gasteiger partial charge on any atom is -0.479 e. The van der Waals surface area contributed by atoms with Crippen LogP contribution in [-0.4, -0.2) is 32.6 Å². The van der Waals surface area contributed by atoms with E-state index in [1.807, 2.05) is 0 Å². The Labute approximate surface area is 192 Å². The van der Waals surface area contributed by atoms with Gasteiger partial charge in [0.25, 0.3) is 0 Å². The Morgan fingerprint density at radius 2 is 1.82 bits per heavy atom. The molecule has 1 atom stereocenters. The maximum absolute atomic E-state index is 15.7. The molecule has 0 saturated heterocycles. The summed E-state index contributed by atoms with van der Waals surface area (Å²) in [5.74, 6) is -2.33. The van der Waals surface area contributed by atoms with Crippen LogP contribution in [-0.2, 0) is 11.2 Å². The zero-order chi connectivity index (χ0) is 23.6. The Morgan fingerprint density at radius 3 is 2.48 bits per heavy atom. The summed E-state index contributed by atoms with van der Waals surface area (Å²) in [6, 6.07) is 17.7. The second-order valence-electron chi connectivity index (χ2n) is 7.73. The number of halogens is 3. The van der Waals surface area contributed by atoms with Gasteiger partial charge in [-0.2, -0.15) is 0 Å². The number of nitrogens with one attached hydrogen (secondary N) is 1. The van der Waals surface area contributed by atoms with Gasteiger partial charge in [-0.25, -0.2) is 13.6 Å². The van der Waals surface area contributed by atoms with E-state index in [1.165, 1.54) is 12.1 Å². The molecule has 3 N–H and O–H groups in total. The van der Waals surface area contributed by atoms with Gasteiger partial charge in [0.2, 0.25) is 5.67 Å². The van der Waals surface area contributed by atoms with Crippen molar-refractivity contribution in [2.45, 2.75) is 18.5 Å². The van der Waals surface area contributed by atoms with Gasteiger partial charge in [-0.15, -0.1) is 0 Å². The highest BCUT2D eigenvalue weighted by molar-refractivity contribution is 6.30. The molecule has 0 spiro atoms. The van der Waals surface area contributed by atoms with E-state index in [1.54, 1.807) is 54.7 Å². The fraction of sp³-hybridized carbons (Fsp3) is 0.120. The minimum absolute atomic E-state index is 0.0786. The zero-order valence-corrected chi connectivity index (χ0v) is 18.0. The summed E-state index contributed by atoms with van der Waals surface area (Å²) in [7, 11) is 0. The number of fused-ring (bicyclic) bond motifs is 1. The lowest BCUT2D eigenvalue weighted by Gasteiger charge is -2.21. The van der Waals surface area contributed by atoms with Crippen molar-refractivity contribution in [3.63, 3.8) is 0 Å². The number of hydrogen-bond donors (Lipinski definition) is 3. The fourth-order valence-corrected chi connectivity index (χ4v) is 3.94. The molecule has 5 nitrogen and oxygen atoms in total. The standard InChI is InChI=1S/C25H19ClF2N2O3/c26-18-8-5-15(6-9-18)19-10-7-16(11-21(19)27)23(30-33)13-25(28,24(31)32)12-17-14-29-22-4-2-1-3-20(17)22/h1-11,14,29,33H,12-13H2,(H,31,32)/b30-23+. The molecule has 33 heavy (non-hydrogen) atoms. The molecule has 4 aromatic rings. The van der Waals surface area contributed by atoms with Crippen molar-refractivity contribution >= 4 is 34.2 Å². The molecule has 0 amide bonds. The maximum atomic E-state index is 15.7. The number of carboxylic acids is 1. The number of H-pyrrole nitrogens is 1. The van der Waals surface area contributed by atoms with Crippen LogP contribution < -0.4 is 0 Å². The molecule has 1 unspecified atom stereocenters. The largest absolute Gasteiger partial charge is 0.479 e. The van der Waals surface area contributed by atoms with Crippen LogP contribution in [0.25, 0.3) is 22.0 Å². The molecule has 4 rings (SSSR count). The van der Waals surface area contributed by atoms with Gasteiger partial charge in [-0.3, -0.25) is 0 Å². The summed E-state index contributed by atoms with van der Waals surface area (Å²) in [4.78, 5) is 14.9. The summed E-state index contributed by atoms with van der Waals surface area (Å²) >= 11 is 5.87. The molecule has 0 bridgehead atoms. The summed E-state index contributed by atoms with van der Waals surface area (Å²) < 4.78 is 30.5. The Bertz CT molecular complexity index is 1350. The van der Waals surface area contributed by atoms with Crippen molar-refractivity contribution in [2.24, 2.45) is 5.16 Å². The van der Waals surface area contributed by atoms with Gasteiger partial charge in [-0.1, -0.05) is 59.2 Å². The molecule has 168 valence electrons. The number of benzene rings is 3. The molecule has 1 heterocycles. The number of nitrogens with zero attached hydrogens (tertiary/aromatic N) is 1. The average molecular weight is 469 g/mol. The van der Waals surface area contributed by atoms with Gasteiger partial charge >= 0.3 is 5.97 Å². The number of aromatic nitrogens is 1. The van der Waals surface area contributed by atoms with Crippen molar-refractivity contribution in [3.05, 3.63) is 94.9 Å². The quantitative estimate of drug-likeness (QED) is 0.171. The van der Waals surface area contributed by atoms with E-state index in [9.17, 15) is 19.5 Å². The molecule has 0 aliphatic carbocycles. The van der Waals surface area contributed by atoms with Crippen molar-refractivity contribution < 1.29 is 23.9 Å². The molecule has 1 aromatic heterocycles. The smallest absolute Gasteiger partial charge is 0.342 e. The van der Waals surface area contributed by atoms with Gasteiger partial charge in [0.05, 0.1) is 5.71 Å². The van der Waals surface area contributed by atoms with Crippen molar-refractivity contribution in [2.75, 3.05) is 0 Å². The highest BCUT2D eigenvalue weighted by Crippen LogP contribution is 2.31. The van der Waals surface area contributed by atoms with Crippen molar-refractivity contribution in [1.29, 1.82) is 0 Å². The Balaban J connectivity index is 1.63. The van der Waals surface area contributed by atoms with E-state index >= 15 is 4.39 Å². The average Bonchev–Trinajstić information content (AvgIpc) is 3.20. The first-order valence-electron chi connectivity index (χ1n) is 10.0. The van der Waals surface area contributed by atoms with E-state index in [2.05, 4.69) is 10.1 Å². The molecule has 0 aliphatic heterocycles. The predicted octanol–water partition coefficient (Wildman–Crippen LogP) is 6.23. The topological polar surface area (TPSA) is 85.7 Å². The Kier molecular flexibility index (Phi) is 6.16. The molecule has 8 heteroatoms. The third kappa shape index (κ3) is 4.59. The van der Waals surface area contributed by atoms with E-state index < -0.39 is 30.3 Å². The highest BCUT2D eigenvalue weighted by Gasteiger charge is 2.41. The van der Waals surface area contributed by atoms with Crippen LogP contribution in [0.15, 0.2) is 78.1 Å². The molecule has 0 fully saturated rings. The number of aromatic amines is 1. The van der Waals surface area contributed by atoms with Crippen LogP contribution in [0.2, 0.25) is 5.02 Å². The normalized spacial score (nSPS) is 13.7. The van der Waals surface area contributed by atoms with E-state index in [-0.39, 0.29) is 16.8 Å². The number of carbonyl (C=O) groups is 1. The van der Waals surface area contributed by atoms with Gasteiger partial charge in [-0.05, 0) is 35.4 Å². The SMILES string of the molecule is O=C(O)C(F)(C/C(=N\O)c1ccc(-c2ccc(Cl)cc2)c(F)c1)Cc1c[nH]c2ccccc12. The Morgan fingerprint density at radius 1 is 1.09 bits per heavy atom. The van der Waals surface area contributed by atoms with Gasteiger partial charge < -0.3 is 15.3 Å². The molecular weight excluding hydrogens is 450 g/mol. The number of rotatable bonds is 7. The van der Waals surface area contributed by atoms with Crippen LogP contribution in [0.3, 0.4) is 0 Å². The van der Waals surface area contributed by atoms with Crippen LogP contribution in [0.5, 0.6) is 0 Å².